The van der Waals surface area contributed by atoms with Gasteiger partial charge in [0.25, 0.3) is 0 Å². The van der Waals surface area contributed by atoms with Gasteiger partial charge in [-0.3, -0.25) is 4.94 Å². The number of benzene rings is 2. The van der Waals surface area contributed by atoms with Crippen molar-refractivity contribution in [2.75, 3.05) is 0 Å². The van der Waals surface area contributed by atoms with Crippen molar-refractivity contribution in [2.24, 2.45) is 0 Å². The molecule has 0 aromatic heterocycles. The maximum atomic E-state index is 12.4. The predicted molar refractivity (Wildman–Crippen MR) is 58.6 cm³/mol. The van der Waals surface area contributed by atoms with Crippen molar-refractivity contribution in [1.82, 2.24) is 0 Å². The van der Waals surface area contributed by atoms with Gasteiger partial charge in [0.2, 0.25) is 0 Å². The fourth-order valence-electron chi connectivity index (χ4n) is 1.55. The van der Waals surface area contributed by atoms with E-state index in [1.54, 1.807) is 12.1 Å². The lowest BCUT2D eigenvalue weighted by Gasteiger charge is -2.07. The van der Waals surface area contributed by atoms with Crippen molar-refractivity contribution < 1.29 is 22.6 Å². The summed E-state index contributed by atoms with van der Waals surface area (Å²) in [4.78, 5) is 3.52. The topological polar surface area (TPSA) is 9.23 Å². The van der Waals surface area contributed by atoms with Crippen molar-refractivity contribution in [3.8, 4) is 16.9 Å². The third-order valence-corrected chi connectivity index (χ3v) is 2.49. The number of alkyl halides is 3. The normalized spacial score (nSPS) is 11.3. The van der Waals surface area contributed by atoms with Crippen LogP contribution in [0.15, 0.2) is 48.5 Å². The van der Waals surface area contributed by atoms with E-state index < -0.39 is 11.7 Å². The summed E-state index contributed by atoms with van der Waals surface area (Å²) in [5, 5.41) is 0. The molecule has 2 aromatic rings. The highest BCUT2D eigenvalue weighted by atomic mass is 19.4. The molecule has 0 aliphatic carbocycles. The first-order chi connectivity index (χ1) is 8.50. The molecule has 0 radical (unpaired) electrons. The second-order valence-corrected chi connectivity index (χ2v) is 3.68. The lowest BCUT2D eigenvalue weighted by Crippen LogP contribution is -2.03. The molecular formula is C13H8F4O. The smallest absolute Gasteiger partial charge is 0.294 e. The Morgan fingerprint density at radius 1 is 0.722 bits per heavy atom. The van der Waals surface area contributed by atoms with E-state index in [0.29, 0.717) is 11.1 Å². The summed E-state index contributed by atoms with van der Waals surface area (Å²) in [5.41, 5.74) is 0.605. The molecule has 0 amide bonds. The van der Waals surface area contributed by atoms with Crippen molar-refractivity contribution >= 4 is 0 Å². The first-order valence-electron chi connectivity index (χ1n) is 5.07. The van der Waals surface area contributed by atoms with Crippen LogP contribution in [0.4, 0.5) is 17.7 Å². The first kappa shape index (κ1) is 12.4. The van der Waals surface area contributed by atoms with Gasteiger partial charge >= 0.3 is 6.18 Å². The van der Waals surface area contributed by atoms with E-state index in [0.717, 1.165) is 12.1 Å². The Balaban J connectivity index is 2.28. The van der Waals surface area contributed by atoms with Gasteiger partial charge in [0, 0.05) is 4.53 Å². The summed E-state index contributed by atoms with van der Waals surface area (Å²) < 4.78 is 48.9. The fourth-order valence-corrected chi connectivity index (χ4v) is 1.55. The molecular weight excluding hydrogens is 248 g/mol. The molecule has 0 unspecified atom stereocenters. The van der Waals surface area contributed by atoms with Crippen LogP contribution >= 0.6 is 0 Å². The van der Waals surface area contributed by atoms with Crippen molar-refractivity contribution in [1.29, 1.82) is 0 Å². The van der Waals surface area contributed by atoms with Crippen LogP contribution in [-0.2, 0) is 6.18 Å². The van der Waals surface area contributed by atoms with Crippen molar-refractivity contribution in [2.45, 2.75) is 6.18 Å². The first-order valence-corrected chi connectivity index (χ1v) is 5.07. The Morgan fingerprint density at radius 3 is 1.56 bits per heavy atom. The lowest BCUT2D eigenvalue weighted by molar-refractivity contribution is -0.137. The molecule has 2 rings (SSSR count). The quantitative estimate of drug-likeness (QED) is 0.711. The SMILES string of the molecule is FOc1ccc(-c2ccc(C(F)(F)F)cc2)cc1. The highest BCUT2D eigenvalue weighted by molar-refractivity contribution is 5.64. The molecule has 0 heterocycles. The second kappa shape index (κ2) is 4.68. The van der Waals surface area contributed by atoms with Crippen LogP contribution in [0.1, 0.15) is 5.56 Å². The van der Waals surface area contributed by atoms with E-state index in [4.69, 9.17) is 0 Å². The minimum atomic E-state index is -4.34. The van der Waals surface area contributed by atoms with Crippen LogP contribution < -0.4 is 4.94 Å². The highest BCUT2D eigenvalue weighted by Gasteiger charge is 2.29. The van der Waals surface area contributed by atoms with E-state index in [2.05, 4.69) is 4.94 Å². The molecule has 18 heavy (non-hydrogen) atoms. The number of halogens is 4. The average Bonchev–Trinajstić information content (AvgIpc) is 2.38. The molecule has 94 valence electrons. The van der Waals surface area contributed by atoms with Crippen LogP contribution in [0.2, 0.25) is 0 Å². The molecule has 0 atom stereocenters. The Bertz CT molecular complexity index is 514. The van der Waals surface area contributed by atoms with Gasteiger partial charge in [-0.05, 0) is 35.4 Å². The van der Waals surface area contributed by atoms with E-state index in [1.165, 1.54) is 24.3 Å². The zero-order valence-corrected chi connectivity index (χ0v) is 9.04. The second-order valence-electron chi connectivity index (χ2n) is 3.68. The van der Waals surface area contributed by atoms with Gasteiger partial charge in [-0.2, -0.15) is 13.2 Å². The molecule has 0 fully saturated rings. The van der Waals surface area contributed by atoms with Gasteiger partial charge in [0.1, 0.15) is 0 Å². The standard InChI is InChI=1S/C13H8F4O/c14-13(15,16)11-5-1-9(2-6-11)10-3-7-12(18-17)8-4-10/h1-8H. The molecule has 0 bridgehead atoms. The van der Waals surface area contributed by atoms with E-state index in [1.807, 2.05) is 0 Å². The molecule has 5 heteroatoms. The minimum absolute atomic E-state index is 0.0469. The number of rotatable bonds is 2. The molecule has 0 saturated heterocycles. The molecule has 1 nitrogen and oxygen atoms in total. The average molecular weight is 256 g/mol. The van der Waals surface area contributed by atoms with Crippen LogP contribution in [0.5, 0.6) is 5.75 Å². The van der Waals surface area contributed by atoms with Crippen LogP contribution in [0.25, 0.3) is 11.1 Å². The summed E-state index contributed by atoms with van der Waals surface area (Å²) >= 11 is 0. The van der Waals surface area contributed by atoms with Crippen LogP contribution in [0.3, 0.4) is 0 Å². The molecule has 0 aliphatic rings. The van der Waals surface area contributed by atoms with Crippen LogP contribution in [-0.4, -0.2) is 0 Å². The maximum Gasteiger partial charge on any atom is 0.416 e. The van der Waals surface area contributed by atoms with E-state index in [-0.39, 0.29) is 5.75 Å². The Kier molecular flexibility index (Phi) is 3.23. The van der Waals surface area contributed by atoms with Gasteiger partial charge in [0.05, 0.1) is 5.56 Å². The van der Waals surface area contributed by atoms with E-state index >= 15 is 0 Å². The maximum absolute atomic E-state index is 12.4. The lowest BCUT2D eigenvalue weighted by atomic mass is 10.0. The summed E-state index contributed by atoms with van der Waals surface area (Å²) in [6, 6.07) is 10.7. The number of hydrogen-bond donors (Lipinski definition) is 0. The Labute approximate surface area is 101 Å². The zero-order chi connectivity index (χ0) is 13.2. The zero-order valence-electron chi connectivity index (χ0n) is 9.04. The van der Waals surface area contributed by atoms with Gasteiger partial charge < -0.3 is 0 Å². The van der Waals surface area contributed by atoms with Crippen LogP contribution in [0, 0.1) is 0 Å². The minimum Gasteiger partial charge on any atom is -0.294 e. The monoisotopic (exact) mass is 256 g/mol. The Morgan fingerprint density at radius 2 is 1.17 bits per heavy atom. The summed E-state index contributed by atoms with van der Waals surface area (Å²) in [6.45, 7) is 0. The third kappa shape index (κ3) is 2.61. The molecule has 0 aliphatic heterocycles. The van der Waals surface area contributed by atoms with Crippen molar-refractivity contribution in [3.63, 3.8) is 0 Å². The summed E-state index contributed by atoms with van der Waals surface area (Å²) in [6.07, 6.45) is -4.34. The third-order valence-electron chi connectivity index (χ3n) is 2.49. The van der Waals surface area contributed by atoms with Gasteiger partial charge in [-0.1, -0.05) is 24.3 Å². The molecule has 0 saturated carbocycles. The fraction of sp³-hybridized carbons (Fsp3) is 0.0769. The molecule has 0 N–H and O–H groups in total. The van der Waals surface area contributed by atoms with E-state index in [9.17, 15) is 17.7 Å². The predicted octanol–water partition coefficient (Wildman–Crippen LogP) is 4.64. The molecule has 0 spiro atoms. The highest BCUT2D eigenvalue weighted by Crippen LogP contribution is 2.31. The number of hydrogen-bond acceptors (Lipinski definition) is 1. The largest absolute Gasteiger partial charge is 0.416 e. The Hall–Kier alpha value is -2.04. The summed E-state index contributed by atoms with van der Waals surface area (Å²) in [7, 11) is 0. The van der Waals surface area contributed by atoms with Gasteiger partial charge in [0.15, 0.2) is 5.75 Å². The molecule has 2 aromatic carbocycles. The summed E-state index contributed by atoms with van der Waals surface area (Å²) in [5.74, 6) is 0.0469. The van der Waals surface area contributed by atoms with Gasteiger partial charge in [-0.15, -0.1) is 0 Å². The van der Waals surface area contributed by atoms with Gasteiger partial charge in [-0.25, -0.2) is 0 Å². The van der Waals surface area contributed by atoms with Crippen molar-refractivity contribution in [3.05, 3.63) is 54.1 Å².